The molecule has 1 saturated carbocycles. The molecule has 1 amide bonds. The third kappa shape index (κ3) is 2.38. The van der Waals surface area contributed by atoms with E-state index in [2.05, 4.69) is 10.3 Å². The van der Waals surface area contributed by atoms with Gasteiger partial charge in [0.05, 0.1) is 11.5 Å². The zero-order valence-electron chi connectivity index (χ0n) is 11.0. The van der Waals surface area contributed by atoms with Crippen LogP contribution in [0.25, 0.3) is 0 Å². The second-order valence-electron chi connectivity index (χ2n) is 5.39. The molecule has 0 saturated heterocycles. The fourth-order valence-corrected chi connectivity index (χ4v) is 2.57. The van der Waals surface area contributed by atoms with Gasteiger partial charge in [0, 0.05) is 18.4 Å². The first-order chi connectivity index (χ1) is 8.54. The Morgan fingerprint density at radius 1 is 1.56 bits per heavy atom. The van der Waals surface area contributed by atoms with Crippen LogP contribution in [0.4, 0.5) is 0 Å². The number of pyridine rings is 1. The summed E-state index contributed by atoms with van der Waals surface area (Å²) < 4.78 is 0. The Hall–Kier alpha value is -1.42. The van der Waals surface area contributed by atoms with Gasteiger partial charge in [-0.2, -0.15) is 0 Å². The maximum Gasteiger partial charge on any atom is 0.227 e. The van der Waals surface area contributed by atoms with Crippen LogP contribution in [0.5, 0.6) is 0 Å². The maximum absolute atomic E-state index is 12.4. The zero-order valence-corrected chi connectivity index (χ0v) is 11.0. The predicted octanol–water partition coefficient (Wildman–Crippen LogP) is 1.78. The van der Waals surface area contributed by atoms with Crippen LogP contribution < -0.4 is 11.1 Å². The first kappa shape index (κ1) is 13.0. The van der Waals surface area contributed by atoms with E-state index in [0.29, 0.717) is 0 Å². The molecule has 1 aliphatic carbocycles. The molecule has 98 valence electrons. The van der Waals surface area contributed by atoms with Crippen molar-refractivity contribution in [3.8, 4) is 0 Å². The molecular formula is C14H21N3O. The molecule has 1 fully saturated rings. The van der Waals surface area contributed by atoms with E-state index < -0.39 is 5.41 Å². The summed E-state index contributed by atoms with van der Waals surface area (Å²) in [6, 6.07) is 3.80. The largest absolute Gasteiger partial charge is 0.349 e. The number of aromatic nitrogens is 1. The van der Waals surface area contributed by atoms with Crippen molar-refractivity contribution < 1.29 is 4.79 Å². The molecule has 4 heteroatoms. The number of rotatable bonds is 3. The monoisotopic (exact) mass is 247 g/mol. The van der Waals surface area contributed by atoms with Crippen molar-refractivity contribution in [3.63, 3.8) is 0 Å². The minimum Gasteiger partial charge on any atom is -0.349 e. The summed E-state index contributed by atoms with van der Waals surface area (Å²) in [6.45, 7) is 3.95. The Morgan fingerprint density at radius 2 is 2.22 bits per heavy atom. The van der Waals surface area contributed by atoms with Crippen molar-refractivity contribution in [1.29, 1.82) is 0 Å². The number of amides is 1. The Kier molecular flexibility index (Phi) is 3.66. The first-order valence-corrected chi connectivity index (χ1v) is 6.50. The summed E-state index contributed by atoms with van der Waals surface area (Å²) in [7, 11) is 0. The highest BCUT2D eigenvalue weighted by molar-refractivity contribution is 5.83. The minimum atomic E-state index is -0.415. The molecule has 0 aromatic carbocycles. The highest BCUT2D eigenvalue weighted by Crippen LogP contribution is 2.37. The number of nitrogens with one attached hydrogen (secondary N) is 1. The lowest BCUT2D eigenvalue weighted by molar-refractivity contribution is -0.131. The fourth-order valence-electron chi connectivity index (χ4n) is 2.57. The normalized spacial score (nSPS) is 28.9. The number of nitrogens with zero attached hydrogens (tertiary/aromatic N) is 1. The quantitative estimate of drug-likeness (QED) is 0.855. The van der Waals surface area contributed by atoms with Crippen molar-refractivity contribution in [2.45, 2.75) is 45.2 Å². The van der Waals surface area contributed by atoms with Gasteiger partial charge in [0.15, 0.2) is 0 Å². The molecule has 3 atom stereocenters. The molecule has 0 radical (unpaired) electrons. The van der Waals surface area contributed by atoms with Gasteiger partial charge in [0.25, 0.3) is 0 Å². The maximum atomic E-state index is 12.4. The van der Waals surface area contributed by atoms with Crippen LogP contribution in [0.2, 0.25) is 0 Å². The standard InChI is InChI=1S/C14H21N3O/c1-10(11-5-8-16-9-6-11)17-13(18)14(2)7-3-4-12(14)15/h5-6,8-10,12H,3-4,7,15H2,1-2H3,(H,17,18)/t10-,12?,14?/m0/s1. The van der Waals surface area contributed by atoms with Crippen molar-refractivity contribution >= 4 is 5.91 Å². The van der Waals surface area contributed by atoms with Crippen LogP contribution in [0, 0.1) is 5.41 Å². The average molecular weight is 247 g/mol. The zero-order chi connectivity index (χ0) is 13.2. The molecule has 4 nitrogen and oxygen atoms in total. The molecule has 0 aliphatic heterocycles. The number of hydrogen-bond donors (Lipinski definition) is 2. The molecule has 1 aromatic rings. The molecule has 2 unspecified atom stereocenters. The third-order valence-corrected chi connectivity index (χ3v) is 4.10. The lowest BCUT2D eigenvalue weighted by atomic mass is 9.84. The van der Waals surface area contributed by atoms with Crippen LogP contribution in [0.1, 0.15) is 44.7 Å². The van der Waals surface area contributed by atoms with Crippen LogP contribution >= 0.6 is 0 Å². The van der Waals surface area contributed by atoms with E-state index in [1.54, 1.807) is 12.4 Å². The summed E-state index contributed by atoms with van der Waals surface area (Å²) in [5, 5.41) is 3.06. The second kappa shape index (κ2) is 5.06. The number of nitrogens with two attached hydrogens (primary N) is 1. The Bertz CT molecular complexity index is 420. The molecule has 1 aromatic heterocycles. The molecule has 18 heavy (non-hydrogen) atoms. The van der Waals surface area contributed by atoms with E-state index in [0.717, 1.165) is 24.8 Å². The van der Waals surface area contributed by atoms with Crippen molar-refractivity contribution in [1.82, 2.24) is 10.3 Å². The number of hydrogen-bond acceptors (Lipinski definition) is 3. The molecular weight excluding hydrogens is 226 g/mol. The van der Waals surface area contributed by atoms with E-state index in [1.165, 1.54) is 0 Å². The van der Waals surface area contributed by atoms with Gasteiger partial charge in [-0.05, 0) is 44.4 Å². The van der Waals surface area contributed by atoms with Crippen molar-refractivity contribution in [3.05, 3.63) is 30.1 Å². The highest BCUT2D eigenvalue weighted by atomic mass is 16.2. The lowest BCUT2D eigenvalue weighted by Gasteiger charge is -2.29. The van der Waals surface area contributed by atoms with Crippen LogP contribution in [-0.2, 0) is 4.79 Å². The molecule has 3 N–H and O–H groups in total. The second-order valence-corrected chi connectivity index (χ2v) is 5.39. The molecule has 1 heterocycles. The van der Waals surface area contributed by atoms with Gasteiger partial charge in [-0.1, -0.05) is 6.42 Å². The van der Waals surface area contributed by atoms with E-state index in [4.69, 9.17) is 5.73 Å². The minimum absolute atomic E-state index is 0.00914. The lowest BCUT2D eigenvalue weighted by Crippen LogP contribution is -2.47. The molecule has 1 aliphatic rings. The van der Waals surface area contributed by atoms with Gasteiger partial charge < -0.3 is 11.1 Å². The third-order valence-electron chi connectivity index (χ3n) is 4.10. The van der Waals surface area contributed by atoms with Gasteiger partial charge in [-0.3, -0.25) is 9.78 Å². The fraction of sp³-hybridized carbons (Fsp3) is 0.571. The summed E-state index contributed by atoms with van der Waals surface area (Å²) >= 11 is 0. The Morgan fingerprint density at radius 3 is 2.78 bits per heavy atom. The smallest absolute Gasteiger partial charge is 0.227 e. The Balaban J connectivity index is 2.04. The summed E-state index contributed by atoms with van der Waals surface area (Å²) in [4.78, 5) is 16.3. The van der Waals surface area contributed by atoms with Crippen LogP contribution in [0.15, 0.2) is 24.5 Å². The highest BCUT2D eigenvalue weighted by Gasteiger charge is 2.43. The predicted molar refractivity (Wildman–Crippen MR) is 70.7 cm³/mol. The summed E-state index contributed by atoms with van der Waals surface area (Å²) in [6.07, 6.45) is 6.33. The van der Waals surface area contributed by atoms with Crippen LogP contribution in [-0.4, -0.2) is 16.9 Å². The Labute approximate surface area is 108 Å². The van der Waals surface area contributed by atoms with Gasteiger partial charge in [-0.25, -0.2) is 0 Å². The topological polar surface area (TPSA) is 68.0 Å². The van der Waals surface area contributed by atoms with Crippen LogP contribution in [0.3, 0.4) is 0 Å². The SMILES string of the molecule is C[C@H](NC(=O)C1(C)CCCC1N)c1ccncc1. The molecule has 0 spiro atoms. The van der Waals surface area contributed by atoms with Gasteiger partial charge in [-0.15, -0.1) is 0 Å². The number of carbonyl (C=O) groups is 1. The molecule has 0 bridgehead atoms. The van der Waals surface area contributed by atoms with E-state index in [9.17, 15) is 4.79 Å². The van der Waals surface area contributed by atoms with E-state index >= 15 is 0 Å². The first-order valence-electron chi connectivity index (χ1n) is 6.50. The van der Waals surface area contributed by atoms with E-state index in [-0.39, 0.29) is 18.0 Å². The number of carbonyl (C=O) groups excluding carboxylic acids is 1. The summed E-state index contributed by atoms with van der Waals surface area (Å²) in [5.74, 6) is 0.0665. The van der Waals surface area contributed by atoms with E-state index in [1.807, 2.05) is 26.0 Å². The van der Waals surface area contributed by atoms with Crippen molar-refractivity contribution in [2.24, 2.45) is 11.1 Å². The average Bonchev–Trinajstić information content (AvgIpc) is 2.72. The summed E-state index contributed by atoms with van der Waals surface area (Å²) in [5.41, 5.74) is 6.71. The van der Waals surface area contributed by atoms with Gasteiger partial charge in [0.1, 0.15) is 0 Å². The molecule has 2 rings (SSSR count). The van der Waals surface area contributed by atoms with Crippen molar-refractivity contribution in [2.75, 3.05) is 0 Å². The van der Waals surface area contributed by atoms with Gasteiger partial charge in [0.2, 0.25) is 5.91 Å². The van der Waals surface area contributed by atoms with Gasteiger partial charge >= 0.3 is 0 Å².